The van der Waals surface area contributed by atoms with Gasteiger partial charge in [0.1, 0.15) is 0 Å². The second kappa shape index (κ2) is 9.03. The summed E-state index contributed by atoms with van der Waals surface area (Å²) < 4.78 is 45.8. The third-order valence-corrected chi connectivity index (χ3v) is 8.28. The highest BCUT2D eigenvalue weighted by atomic mass is 32.2. The zero-order valence-electron chi connectivity index (χ0n) is 19.3. The summed E-state index contributed by atoms with van der Waals surface area (Å²) >= 11 is 1.69. The lowest BCUT2D eigenvalue weighted by Crippen LogP contribution is -2.22. The molecule has 34 heavy (non-hydrogen) atoms. The van der Waals surface area contributed by atoms with E-state index in [2.05, 4.69) is 20.1 Å². The van der Waals surface area contributed by atoms with E-state index in [0.29, 0.717) is 17.5 Å². The number of aryl methyl sites for hydroxylation is 1. The first kappa shape index (κ1) is 23.4. The number of hydrogen-bond donors (Lipinski definition) is 0. The first-order chi connectivity index (χ1) is 16.3. The van der Waals surface area contributed by atoms with Crippen molar-refractivity contribution >= 4 is 11.8 Å². The zero-order valence-corrected chi connectivity index (χ0v) is 20.1. The molecule has 0 radical (unpaired) electrons. The van der Waals surface area contributed by atoms with E-state index < -0.39 is 11.7 Å². The van der Waals surface area contributed by atoms with Crippen LogP contribution in [0.3, 0.4) is 0 Å². The molecule has 0 bridgehead atoms. The summed E-state index contributed by atoms with van der Waals surface area (Å²) in [5, 5.41) is 9.40. The van der Waals surface area contributed by atoms with Crippen molar-refractivity contribution in [2.75, 3.05) is 25.4 Å². The molecule has 0 unspecified atom stereocenters. The van der Waals surface area contributed by atoms with Crippen LogP contribution in [0.15, 0.2) is 40.2 Å². The number of alkyl halides is 3. The fourth-order valence-electron chi connectivity index (χ4n) is 5.11. The molecule has 1 saturated carbocycles. The number of hydrogen-bond acceptors (Lipinski definition) is 6. The highest BCUT2D eigenvalue weighted by molar-refractivity contribution is 7.99. The molecule has 2 fully saturated rings. The summed E-state index contributed by atoms with van der Waals surface area (Å²) in [4.78, 5) is 6.63. The van der Waals surface area contributed by atoms with Crippen LogP contribution in [-0.2, 0) is 13.2 Å². The Balaban J connectivity index is 1.05. The van der Waals surface area contributed by atoms with E-state index in [4.69, 9.17) is 4.42 Å². The lowest BCUT2D eigenvalue weighted by Gasteiger charge is -2.16. The van der Waals surface area contributed by atoms with Gasteiger partial charge >= 0.3 is 6.18 Å². The SMILES string of the molecule is Cc1ncoc1-c1nnc(SCCCCN2CC[C@@]3(C[C@H]3c3ccc(C(F)(F)F)cc3)C2)n1C. The van der Waals surface area contributed by atoms with E-state index in [-0.39, 0.29) is 5.41 Å². The van der Waals surface area contributed by atoms with Gasteiger partial charge in [-0.3, -0.25) is 0 Å². The molecule has 182 valence electrons. The molecule has 10 heteroatoms. The summed E-state index contributed by atoms with van der Waals surface area (Å²) in [6, 6.07) is 5.78. The second-order valence-corrected chi connectivity index (χ2v) is 10.5. The predicted octanol–water partition coefficient (Wildman–Crippen LogP) is 5.55. The van der Waals surface area contributed by atoms with Crippen molar-refractivity contribution in [3.05, 3.63) is 47.5 Å². The van der Waals surface area contributed by atoms with Crippen molar-refractivity contribution in [1.29, 1.82) is 0 Å². The van der Waals surface area contributed by atoms with Gasteiger partial charge in [0.25, 0.3) is 0 Å². The lowest BCUT2D eigenvalue weighted by molar-refractivity contribution is -0.137. The third kappa shape index (κ3) is 4.62. The van der Waals surface area contributed by atoms with Gasteiger partial charge in [-0.25, -0.2) is 4.98 Å². The fourth-order valence-corrected chi connectivity index (χ4v) is 6.02. The summed E-state index contributed by atoms with van der Waals surface area (Å²) in [6.45, 7) is 5.07. The van der Waals surface area contributed by atoms with Crippen LogP contribution >= 0.6 is 11.8 Å². The van der Waals surface area contributed by atoms with E-state index in [1.54, 1.807) is 23.9 Å². The van der Waals surface area contributed by atoms with Crippen LogP contribution in [0.1, 0.15) is 48.4 Å². The Bertz CT molecular complexity index is 1140. The van der Waals surface area contributed by atoms with E-state index in [1.807, 2.05) is 18.5 Å². The van der Waals surface area contributed by atoms with Gasteiger partial charge in [0.05, 0.1) is 11.3 Å². The smallest absolute Gasteiger partial charge is 0.416 e. The van der Waals surface area contributed by atoms with Gasteiger partial charge in [-0.05, 0) is 74.7 Å². The molecule has 1 spiro atoms. The molecule has 1 aromatic carbocycles. The number of thioether (sulfide) groups is 1. The number of likely N-dealkylation sites (tertiary alicyclic amines) is 1. The number of halogens is 3. The summed E-state index contributed by atoms with van der Waals surface area (Å²) in [5.74, 6) is 2.70. The first-order valence-corrected chi connectivity index (χ1v) is 12.6. The van der Waals surface area contributed by atoms with Crippen molar-refractivity contribution in [3.63, 3.8) is 0 Å². The van der Waals surface area contributed by atoms with Gasteiger partial charge in [0.2, 0.25) is 5.82 Å². The molecule has 1 aliphatic heterocycles. The fraction of sp³-hybridized carbons (Fsp3) is 0.542. The number of unbranched alkanes of at least 4 members (excludes halogenated alkanes) is 1. The summed E-state index contributed by atoms with van der Waals surface area (Å²) in [7, 11) is 1.94. The van der Waals surface area contributed by atoms with Crippen LogP contribution in [0.4, 0.5) is 13.2 Å². The van der Waals surface area contributed by atoms with Gasteiger partial charge in [0, 0.05) is 19.3 Å². The average molecular weight is 492 g/mol. The molecular weight excluding hydrogens is 463 g/mol. The van der Waals surface area contributed by atoms with Gasteiger partial charge in [-0.15, -0.1) is 10.2 Å². The molecule has 3 heterocycles. The largest absolute Gasteiger partial charge is 0.440 e. The number of oxazole rings is 1. The minimum Gasteiger partial charge on any atom is -0.440 e. The van der Waals surface area contributed by atoms with E-state index >= 15 is 0 Å². The van der Waals surface area contributed by atoms with Crippen molar-refractivity contribution < 1.29 is 17.6 Å². The highest BCUT2D eigenvalue weighted by Gasteiger charge is 2.57. The molecule has 0 amide bonds. The standard InChI is InChI=1S/C24H28F3N5OS/c1-16-20(33-15-28-16)21-29-30-22(31(21)2)34-12-4-3-10-32-11-9-23(14-32)13-19(23)17-5-7-18(8-6-17)24(25,26)27/h5-8,15,19H,3-4,9-14H2,1-2H3/t19-,23+/m0/s1. The molecule has 1 aliphatic carbocycles. The maximum atomic E-state index is 12.8. The van der Waals surface area contributed by atoms with Crippen LogP contribution in [0.2, 0.25) is 0 Å². The molecule has 0 N–H and O–H groups in total. The number of benzene rings is 1. The second-order valence-electron chi connectivity index (χ2n) is 9.45. The Morgan fingerprint density at radius 2 is 1.97 bits per heavy atom. The van der Waals surface area contributed by atoms with Crippen LogP contribution in [0, 0.1) is 12.3 Å². The third-order valence-electron chi connectivity index (χ3n) is 7.18. The van der Waals surface area contributed by atoms with Gasteiger partial charge in [-0.2, -0.15) is 13.2 Å². The summed E-state index contributed by atoms with van der Waals surface area (Å²) in [5.41, 5.74) is 1.55. The molecule has 2 atom stereocenters. The molecular formula is C24H28F3N5OS. The molecule has 2 aromatic heterocycles. The Hall–Kier alpha value is -2.33. The van der Waals surface area contributed by atoms with Crippen molar-refractivity contribution in [2.45, 2.75) is 49.9 Å². The topological polar surface area (TPSA) is 60.0 Å². The first-order valence-electron chi connectivity index (χ1n) is 11.6. The zero-order chi connectivity index (χ0) is 23.9. The van der Waals surface area contributed by atoms with Gasteiger partial charge in [0.15, 0.2) is 17.3 Å². The van der Waals surface area contributed by atoms with Gasteiger partial charge in [-0.1, -0.05) is 23.9 Å². The lowest BCUT2D eigenvalue weighted by atomic mass is 9.97. The average Bonchev–Trinajstić information content (AvgIpc) is 3.08. The van der Waals surface area contributed by atoms with E-state index in [1.165, 1.54) is 18.5 Å². The normalized spacial score (nSPS) is 22.7. The van der Waals surface area contributed by atoms with Crippen molar-refractivity contribution in [3.8, 4) is 11.6 Å². The quantitative estimate of drug-likeness (QED) is 0.304. The Morgan fingerprint density at radius 3 is 2.68 bits per heavy atom. The highest BCUT2D eigenvalue weighted by Crippen LogP contribution is 2.64. The minimum absolute atomic E-state index is 0.266. The molecule has 2 aliphatic rings. The van der Waals surface area contributed by atoms with E-state index in [0.717, 1.165) is 67.5 Å². The van der Waals surface area contributed by atoms with Crippen LogP contribution in [-0.4, -0.2) is 50.0 Å². The Kier molecular flexibility index (Phi) is 6.22. The molecule has 6 nitrogen and oxygen atoms in total. The number of nitrogens with zero attached hydrogens (tertiary/aromatic N) is 5. The summed E-state index contributed by atoms with van der Waals surface area (Å²) in [6.07, 6.45) is 1.56. The molecule has 3 aromatic rings. The molecule has 1 saturated heterocycles. The van der Waals surface area contributed by atoms with Crippen LogP contribution < -0.4 is 0 Å². The monoisotopic (exact) mass is 491 g/mol. The number of rotatable bonds is 8. The predicted molar refractivity (Wildman–Crippen MR) is 123 cm³/mol. The van der Waals surface area contributed by atoms with Crippen LogP contribution in [0.25, 0.3) is 11.6 Å². The molecule has 5 rings (SSSR count). The van der Waals surface area contributed by atoms with Crippen LogP contribution in [0.5, 0.6) is 0 Å². The van der Waals surface area contributed by atoms with Crippen molar-refractivity contribution in [2.24, 2.45) is 12.5 Å². The maximum absolute atomic E-state index is 12.8. The van der Waals surface area contributed by atoms with E-state index in [9.17, 15) is 13.2 Å². The minimum atomic E-state index is -4.27. The number of aromatic nitrogens is 4. The van der Waals surface area contributed by atoms with Gasteiger partial charge < -0.3 is 13.9 Å². The van der Waals surface area contributed by atoms with Crippen molar-refractivity contribution in [1.82, 2.24) is 24.6 Å². The maximum Gasteiger partial charge on any atom is 0.416 e. The Labute approximate surface area is 200 Å². The Morgan fingerprint density at radius 1 is 1.18 bits per heavy atom.